The zero-order valence-electron chi connectivity index (χ0n) is 16.2. The SMILES string of the molecule is Cn1cnc2cc(-c3ccc(C(C)(C)O)nc3)nc(NCc3c[nH]nn3)c2c1=O. The van der Waals surface area contributed by atoms with E-state index in [1.807, 2.05) is 6.07 Å². The van der Waals surface area contributed by atoms with E-state index in [2.05, 4.69) is 35.7 Å². The van der Waals surface area contributed by atoms with Crippen LogP contribution in [0.1, 0.15) is 25.2 Å². The molecule has 4 rings (SSSR count). The maximum absolute atomic E-state index is 12.7. The summed E-state index contributed by atoms with van der Waals surface area (Å²) in [5.41, 5.74) is 1.87. The largest absolute Gasteiger partial charge is 0.384 e. The Hall–Kier alpha value is -3.66. The van der Waals surface area contributed by atoms with Gasteiger partial charge in [-0.1, -0.05) is 5.21 Å². The molecule has 10 nitrogen and oxygen atoms in total. The second-order valence-corrected chi connectivity index (χ2v) is 7.22. The summed E-state index contributed by atoms with van der Waals surface area (Å²) >= 11 is 0. The molecule has 0 bridgehead atoms. The molecule has 10 heteroatoms. The van der Waals surface area contributed by atoms with Crippen LogP contribution in [-0.2, 0) is 19.2 Å². The molecule has 0 aliphatic heterocycles. The zero-order chi connectivity index (χ0) is 20.6. The van der Waals surface area contributed by atoms with Crippen LogP contribution in [0.25, 0.3) is 22.2 Å². The van der Waals surface area contributed by atoms with E-state index >= 15 is 0 Å². The first-order chi connectivity index (χ1) is 13.8. The first-order valence-corrected chi connectivity index (χ1v) is 8.98. The van der Waals surface area contributed by atoms with Crippen molar-refractivity contribution in [2.24, 2.45) is 7.05 Å². The van der Waals surface area contributed by atoms with Gasteiger partial charge < -0.3 is 15.0 Å². The van der Waals surface area contributed by atoms with E-state index in [9.17, 15) is 9.90 Å². The van der Waals surface area contributed by atoms with Gasteiger partial charge >= 0.3 is 0 Å². The first-order valence-electron chi connectivity index (χ1n) is 8.98. The summed E-state index contributed by atoms with van der Waals surface area (Å²) in [6.07, 6.45) is 4.78. The minimum atomic E-state index is -1.03. The van der Waals surface area contributed by atoms with E-state index in [4.69, 9.17) is 0 Å². The fourth-order valence-electron chi connectivity index (χ4n) is 2.89. The Balaban J connectivity index is 1.81. The zero-order valence-corrected chi connectivity index (χ0v) is 16.2. The number of fused-ring (bicyclic) bond motifs is 1. The van der Waals surface area contributed by atoms with Gasteiger partial charge in [0.2, 0.25) is 0 Å². The summed E-state index contributed by atoms with van der Waals surface area (Å²) in [5, 5.41) is 23.9. The average Bonchev–Trinajstić information content (AvgIpc) is 3.22. The lowest BCUT2D eigenvalue weighted by Gasteiger charge is -2.16. The molecule has 148 valence electrons. The Morgan fingerprint density at radius 2 is 2.10 bits per heavy atom. The Labute approximate surface area is 165 Å². The Kier molecular flexibility index (Phi) is 4.55. The van der Waals surface area contributed by atoms with Gasteiger partial charge in [-0.3, -0.25) is 14.9 Å². The van der Waals surface area contributed by atoms with Gasteiger partial charge in [-0.15, -0.1) is 5.10 Å². The first kappa shape index (κ1) is 18.7. The number of anilines is 1. The van der Waals surface area contributed by atoms with Crippen molar-refractivity contribution in [2.75, 3.05) is 5.32 Å². The topological polar surface area (TPSA) is 134 Å². The summed E-state index contributed by atoms with van der Waals surface area (Å²) in [5.74, 6) is 0.403. The summed E-state index contributed by atoms with van der Waals surface area (Å²) in [6.45, 7) is 3.69. The number of pyridine rings is 2. The van der Waals surface area contributed by atoms with Crippen LogP contribution >= 0.6 is 0 Å². The molecule has 0 radical (unpaired) electrons. The lowest BCUT2D eigenvalue weighted by atomic mass is 10.0. The fourth-order valence-corrected chi connectivity index (χ4v) is 2.89. The van der Waals surface area contributed by atoms with Gasteiger partial charge in [0.05, 0.1) is 29.8 Å². The molecule has 0 amide bonds. The van der Waals surface area contributed by atoms with Crippen molar-refractivity contribution in [3.8, 4) is 11.3 Å². The average molecular weight is 392 g/mol. The highest BCUT2D eigenvalue weighted by atomic mass is 16.3. The molecule has 0 saturated heterocycles. The molecule has 4 heterocycles. The van der Waals surface area contributed by atoms with E-state index in [0.29, 0.717) is 40.3 Å². The molecule has 0 spiro atoms. The number of aryl methyl sites for hydroxylation is 1. The molecule has 0 aliphatic rings. The lowest BCUT2D eigenvalue weighted by molar-refractivity contribution is 0.0739. The van der Waals surface area contributed by atoms with Crippen LogP contribution < -0.4 is 10.9 Å². The molecule has 4 aromatic heterocycles. The van der Waals surface area contributed by atoms with Gasteiger partial charge in [0.25, 0.3) is 5.56 Å². The number of nitrogens with one attached hydrogen (secondary N) is 2. The van der Waals surface area contributed by atoms with Gasteiger partial charge in [-0.2, -0.15) is 0 Å². The number of rotatable bonds is 5. The van der Waals surface area contributed by atoms with Crippen molar-refractivity contribution >= 4 is 16.7 Å². The number of hydrogen-bond donors (Lipinski definition) is 3. The van der Waals surface area contributed by atoms with E-state index in [-0.39, 0.29) is 5.56 Å². The van der Waals surface area contributed by atoms with Crippen LogP contribution in [0.15, 0.2) is 41.7 Å². The van der Waals surface area contributed by atoms with Crippen molar-refractivity contribution in [3.63, 3.8) is 0 Å². The molecule has 0 aliphatic carbocycles. The summed E-state index contributed by atoms with van der Waals surface area (Å²) in [7, 11) is 1.64. The highest BCUT2D eigenvalue weighted by Gasteiger charge is 2.18. The van der Waals surface area contributed by atoms with Crippen LogP contribution in [0.3, 0.4) is 0 Å². The van der Waals surface area contributed by atoms with E-state index in [1.54, 1.807) is 45.4 Å². The predicted octanol–water partition coefficient (Wildman–Crippen LogP) is 1.35. The van der Waals surface area contributed by atoms with E-state index in [0.717, 1.165) is 5.56 Å². The molecule has 0 fully saturated rings. The Morgan fingerprint density at radius 1 is 1.28 bits per heavy atom. The number of hydrogen-bond acceptors (Lipinski definition) is 8. The van der Waals surface area contributed by atoms with Crippen molar-refractivity contribution in [2.45, 2.75) is 26.0 Å². The summed E-state index contributed by atoms with van der Waals surface area (Å²) in [4.78, 5) is 26.0. The van der Waals surface area contributed by atoms with Crippen LogP contribution in [0.4, 0.5) is 5.82 Å². The molecule has 0 atom stereocenters. The maximum Gasteiger partial charge on any atom is 0.264 e. The van der Waals surface area contributed by atoms with Gasteiger partial charge in [0, 0.05) is 25.0 Å². The molecule has 4 aromatic rings. The molecule has 0 unspecified atom stereocenters. The minimum absolute atomic E-state index is 0.202. The number of aliphatic hydroxyl groups is 1. The summed E-state index contributed by atoms with van der Waals surface area (Å²) < 4.78 is 1.41. The maximum atomic E-state index is 12.7. The smallest absolute Gasteiger partial charge is 0.264 e. The number of aromatic amines is 1. The normalized spacial score (nSPS) is 11.7. The van der Waals surface area contributed by atoms with Gasteiger partial charge in [0.15, 0.2) is 0 Å². The van der Waals surface area contributed by atoms with Crippen LogP contribution in [-0.4, -0.2) is 40.0 Å². The third-order valence-corrected chi connectivity index (χ3v) is 4.49. The van der Waals surface area contributed by atoms with E-state index < -0.39 is 5.60 Å². The number of nitrogens with zero attached hydrogens (tertiary/aromatic N) is 6. The predicted molar refractivity (Wildman–Crippen MR) is 107 cm³/mol. The Morgan fingerprint density at radius 3 is 2.76 bits per heavy atom. The van der Waals surface area contributed by atoms with Crippen LogP contribution in [0, 0.1) is 0 Å². The van der Waals surface area contributed by atoms with Gasteiger partial charge in [-0.25, -0.2) is 9.97 Å². The van der Waals surface area contributed by atoms with Crippen molar-refractivity contribution < 1.29 is 5.11 Å². The van der Waals surface area contributed by atoms with Crippen LogP contribution in [0.5, 0.6) is 0 Å². The quantitative estimate of drug-likeness (QED) is 0.463. The number of aromatic nitrogens is 7. The minimum Gasteiger partial charge on any atom is -0.384 e. The molecule has 29 heavy (non-hydrogen) atoms. The monoisotopic (exact) mass is 392 g/mol. The second kappa shape index (κ2) is 7.06. The molecule has 3 N–H and O–H groups in total. The molecular formula is C19H20N8O2. The summed E-state index contributed by atoms with van der Waals surface area (Å²) in [6, 6.07) is 5.33. The van der Waals surface area contributed by atoms with Gasteiger partial charge in [0.1, 0.15) is 22.5 Å². The van der Waals surface area contributed by atoms with E-state index in [1.165, 1.54) is 10.9 Å². The van der Waals surface area contributed by atoms with Crippen molar-refractivity contribution in [1.29, 1.82) is 0 Å². The third-order valence-electron chi connectivity index (χ3n) is 4.49. The van der Waals surface area contributed by atoms with Gasteiger partial charge in [-0.05, 0) is 32.0 Å². The highest BCUT2D eigenvalue weighted by Crippen LogP contribution is 2.26. The van der Waals surface area contributed by atoms with Crippen molar-refractivity contribution in [3.05, 3.63) is 58.7 Å². The highest BCUT2D eigenvalue weighted by molar-refractivity contribution is 5.91. The van der Waals surface area contributed by atoms with Crippen molar-refractivity contribution in [1.82, 2.24) is 34.9 Å². The Bertz CT molecular complexity index is 1210. The lowest BCUT2D eigenvalue weighted by Crippen LogP contribution is -2.19. The number of H-pyrrole nitrogens is 1. The standard InChI is InChI=1S/C19H20N8O2/c1-19(2,29)15-5-4-11(7-20-15)13-6-14-16(18(28)27(3)10-22-14)17(24-13)21-8-12-9-23-26-25-12/h4-7,9-10,29H,8H2,1-3H3,(H,21,24)(H,23,25,26). The molecule has 0 aromatic carbocycles. The van der Waals surface area contributed by atoms with Crippen LogP contribution in [0.2, 0.25) is 0 Å². The molecular weight excluding hydrogens is 372 g/mol. The fraction of sp³-hybridized carbons (Fsp3) is 0.263. The molecule has 0 saturated carbocycles. The second-order valence-electron chi connectivity index (χ2n) is 7.22. The third kappa shape index (κ3) is 3.69.